The van der Waals surface area contributed by atoms with E-state index in [4.69, 9.17) is 4.74 Å². The molecule has 1 aromatic heterocycles. The molecule has 0 radical (unpaired) electrons. The SMILES string of the molecule is CCNC(=NCc1sccc1C)NCCC(OCC)C(C)C.I. The summed E-state index contributed by atoms with van der Waals surface area (Å²) in [5.41, 5.74) is 1.32. The van der Waals surface area contributed by atoms with E-state index in [0.29, 0.717) is 12.0 Å². The van der Waals surface area contributed by atoms with Crippen LogP contribution in [0.4, 0.5) is 0 Å². The predicted octanol–water partition coefficient (Wildman–Crippen LogP) is 4.18. The topological polar surface area (TPSA) is 45.7 Å². The van der Waals surface area contributed by atoms with Gasteiger partial charge in [0.15, 0.2) is 5.96 Å². The van der Waals surface area contributed by atoms with Crippen molar-refractivity contribution in [2.75, 3.05) is 19.7 Å². The van der Waals surface area contributed by atoms with Gasteiger partial charge in [-0.25, -0.2) is 4.99 Å². The molecule has 0 fully saturated rings. The molecule has 0 saturated heterocycles. The average molecular weight is 453 g/mol. The summed E-state index contributed by atoms with van der Waals surface area (Å²) in [5, 5.41) is 8.83. The number of aryl methyl sites for hydroxylation is 1. The second kappa shape index (κ2) is 13.0. The Balaban J connectivity index is 0.00000484. The number of hydrogen-bond donors (Lipinski definition) is 2. The van der Waals surface area contributed by atoms with Gasteiger partial charge in [-0.3, -0.25) is 0 Å². The van der Waals surface area contributed by atoms with Gasteiger partial charge >= 0.3 is 0 Å². The predicted molar refractivity (Wildman–Crippen MR) is 112 cm³/mol. The number of halogens is 1. The maximum atomic E-state index is 5.78. The molecule has 23 heavy (non-hydrogen) atoms. The molecule has 134 valence electrons. The van der Waals surface area contributed by atoms with Crippen molar-refractivity contribution in [3.63, 3.8) is 0 Å². The lowest BCUT2D eigenvalue weighted by molar-refractivity contribution is 0.0258. The summed E-state index contributed by atoms with van der Waals surface area (Å²) in [5.74, 6) is 1.42. The van der Waals surface area contributed by atoms with Crippen LogP contribution in [0.15, 0.2) is 16.4 Å². The molecule has 1 aromatic rings. The number of hydrogen-bond acceptors (Lipinski definition) is 3. The van der Waals surface area contributed by atoms with E-state index in [0.717, 1.165) is 38.6 Å². The Morgan fingerprint density at radius 1 is 1.30 bits per heavy atom. The first-order valence-corrected chi connectivity index (χ1v) is 9.13. The van der Waals surface area contributed by atoms with Gasteiger partial charge in [-0.1, -0.05) is 13.8 Å². The number of nitrogens with one attached hydrogen (secondary N) is 2. The van der Waals surface area contributed by atoms with Crippen LogP contribution >= 0.6 is 35.3 Å². The standard InChI is InChI=1S/C17H31N3OS.HI/c1-6-18-17(20-12-16-14(5)9-11-22-16)19-10-8-15(13(3)4)21-7-2;/h9,11,13,15H,6-8,10,12H2,1-5H3,(H2,18,19,20);1H. The summed E-state index contributed by atoms with van der Waals surface area (Å²) >= 11 is 1.77. The molecule has 0 amide bonds. The second-order valence-corrected chi connectivity index (χ2v) is 6.68. The van der Waals surface area contributed by atoms with E-state index < -0.39 is 0 Å². The van der Waals surface area contributed by atoms with Crippen LogP contribution < -0.4 is 10.6 Å². The maximum absolute atomic E-state index is 5.78. The van der Waals surface area contributed by atoms with Crippen LogP contribution in [0.5, 0.6) is 0 Å². The Morgan fingerprint density at radius 3 is 2.57 bits per heavy atom. The molecule has 1 unspecified atom stereocenters. The Hall–Kier alpha value is -0.340. The molecular formula is C17H32IN3OS. The Bertz CT molecular complexity index is 449. The maximum Gasteiger partial charge on any atom is 0.191 e. The van der Waals surface area contributed by atoms with Gasteiger partial charge in [-0.2, -0.15) is 0 Å². The molecule has 1 rings (SSSR count). The molecule has 0 aliphatic heterocycles. The lowest BCUT2D eigenvalue weighted by Gasteiger charge is -2.21. The zero-order chi connectivity index (χ0) is 16.4. The molecule has 6 heteroatoms. The smallest absolute Gasteiger partial charge is 0.191 e. The van der Waals surface area contributed by atoms with Crippen LogP contribution in [-0.2, 0) is 11.3 Å². The highest BCUT2D eigenvalue weighted by atomic mass is 127. The van der Waals surface area contributed by atoms with E-state index in [1.54, 1.807) is 11.3 Å². The molecule has 0 aromatic carbocycles. The minimum atomic E-state index is 0. The van der Waals surface area contributed by atoms with Crippen molar-refractivity contribution in [3.8, 4) is 0 Å². The van der Waals surface area contributed by atoms with Gasteiger partial charge in [0.25, 0.3) is 0 Å². The van der Waals surface area contributed by atoms with Gasteiger partial charge in [-0.15, -0.1) is 35.3 Å². The van der Waals surface area contributed by atoms with Crippen LogP contribution in [-0.4, -0.2) is 31.8 Å². The summed E-state index contributed by atoms with van der Waals surface area (Å²) in [6.07, 6.45) is 1.30. The van der Waals surface area contributed by atoms with Crippen molar-refractivity contribution in [2.45, 2.75) is 53.7 Å². The lowest BCUT2D eigenvalue weighted by atomic mass is 10.0. The summed E-state index contributed by atoms with van der Waals surface area (Å²) in [7, 11) is 0. The normalized spacial score (nSPS) is 12.9. The van der Waals surface area contributed by atoms with Crippen LogP contribution in [0.25, 0.3) is 0 Å². The minimum absolute atomic E-state index is 0. The van der Waals surface area contributed by atoms with Gasteiger partial charge in [-0.05, 0) is 50.1 Å². The van der Waals surface area contributed by atoms with Gasteiger partial charge in [0.2, 0.25) is 0 Å². The first-order chi connectivity index (χ1) is 10.6. The van der Waals surface area contributed by atoms with Crippen molar-refractivity contribution in [1.29, 1.82) is 0 Å². The highest BCUT2D eigenvalue weighted by molar-refractivity contribution is 14.0. The highest BCUT2D eigenvalue weighted by Crippen LogP contribution is 2.16. The van der Waals surface area contributed by atoms with Crippen LogP contribution in [0, 0.1) is 12.8 Å². The highest BCUT2D eigenvalue weighted by Gasteiger charge is 2.13. The molecule has 4 nitrogen and oxygen atoms in total. The van der Waals surface area contributed by atoms with E-state index >= 15 is 0 Å². The Kier molecular flexibility index (Phi) is 12.8. The van der Waals surface area contributed by atoms with Gasteiger partial charge in [0.05, 0.1) is 12.6 Å². The number of aliphatic imine (C=N–C) groups is 1. The van der Waals surface area contributed by atoms with Crippen LogP contribution in [0.3, 0.4) is 0 Å². The molecule has 0 spiro atoms. The van der Waals surface area contributed by atoms with Gasteiger partial charge < -0.3 is 15.4 Å². The second-order valence-electron chi connectivity index (χ2n) is 5.68. The zero-order valence-corrected chi connectivity index (χ0v) is 18.2. The number of rotatable bonds is 9. The fraction of sp³-hybridized carbons (Fsp3) is 0.706. The number of nitrogens with zero attached hydrogens (tertiary/aromatic N) is 1. The first kappa shape index (κ1) is 22.7. The zero-order valence-electron chi connectivity index (χ0n) is 15.0. The molecule has 0 saturated carbocycles. The first-order valence-electron chi connectivity index (χ1n) is 8.25. The summed E-state index contributed by atoms with van der Waals surface area (Å²) in [6.45, 7) is 13.9. The molecule has 0 aliphatic carbocycles. The van der Waals surface area contributed by atoms with E-state index in [1.165, 1.54) is 10.4 Å². The monoisotopic (exact) mass is 453 g/mol. The van der Waals surface area contributed by atoms with Crippen LogP contribution in [0.1, 0.15) is 44.6 Å². The molecule has 1 atom stereocenters. The summed E-state index contributed by atoms with van der Waals surface area (Å²) < 4.78 is 5.78. The third kappa shape index (κ3) is 8.91. The van der Waals surface area contributed by atoms with Gasteiger partial charge in [0.1, 0.15) is 0 Å². The van der Waals surface area contributed by atoms with Crippen molar-refractivity contribution >= 4 is 41.3 Å². The third-order valence-electron chi connectivity index (χ3n) is 3.54. The third-order valence-corrected chi connectivity index (χ3v) is 4.55. The minimum Gasteiger partial charge on any atom is -0.378 e. The van der Waals surface area contributed by atoms with E-state index in [9.17, 15) is 0 Å². The van der Waals surface area contributed by atoms with E-state index in [1.807, 2.05) is 0 Å². The molecule has 1 heterocycles. The largest absolute Gasteiger partial charge is 0.378 e. The van der Waals surface area contributed by atoms with E-state index in [-0.39, 0.29) is 24.0 Å². The number of thiophene rings is 1. The number of ether oxygens (including phenoxy) is 1. The fourth-order valence-corrected chi connectivity index (χ4v) is 3.04. The quantitative estimate of drug-likeness (QED) is 0.335. The Morgan fingerprint density at radius 2 is 2.04 bits per heavy atom. The number of guanidine groups is 1. The van der Waals surface area contributed by atoms with Crippen molar-refractivity contribution in [2.24, 2.45) is 10.9 Å². The van der Waals surface area contributed by atoms with Crippen LogP contribution in [0.2, 0.25) is 0 Å². The summed E-state index contributed by atoms with van der Waals surface area (Å²) in [6, 6.07) is 2.14. The fourth-order valence-electron chi connectivity index (χ4n) is 2.21. The molecule has 0 aliphatic rings. The van der Waals surface area contributed by atoms with Crippen molar-refractivity contribution < 1.29 is 4.74 Å². The summed E-state index contributed by atoms with van der Waals surface area (Å²) in [4.78, 5) is 5.99. The van der Waals surface area contributed by atoms with Crippen molar-refractivity contribution in [1.82, 2.24) is 10.6 Å². The molecule has 2 N–H and O–H groups in total. The van der Waals surface area contributed by atoms with E-state index in [2.05, 4.69) is 61.7 Å². The van der Waals surface area contributed by atoms with Gasteiger partial charge in [0, 0.05) is 24.6 Å². The molecule has 0 bridgehead atoms. The lowest BCUT2D eigenvalue weighted by Crippen LogP contribution is -2.39. The Labute approximate surface area is 162 Å². The van der Waals surface area contributed by atoms with Crippen molar-refractivity contribution in [3.05, 3.63) is 21.9 Å². The average Bonchev–Trinajstić information content (AvgIpc) is 2.89. The molecular weight excluding hydrogens is 421 g/mol.